The highest BCUT2D eigenvalue weighted by molar-refractivity contribution is 7.17. The molecule has 0 aliphatic rings. The lowest BCUT2D eigenvalue weighted by Crippen LogP contribution is -2.30. The van der Waals surface area contributed by atoms with Gasteiger partial charge in [0.25, 0.3) is 5.91 Å². The van der Waals surface area contributed by atoms with E-state index in [9.17, 15) is 4.79 Å². The Morgan fingerprint density at radius 2 is 2.11 bits per heavy atom. The average Bonchev–Trinajstić information content (AvgIpc) is 2.84. The van der Waals surface area contributed by atoms with Crippen LogP contribution in [0.5, 0.6) is 0 Å². The molecule has 0 N–H and O–H groups in total. The van der Waals surface area contributed by atoms with Gasteiger partial charge in [0, 0.05) is 13.1 Å². The number of carbonyl (C=O) groups excluding carboxylic acids is 1. The minimum absolute atomic E-state index is 0.129. The highest BCUT2D eigenvalue weighted by Gasteiger charge is 2.19. The van der Waals surface area contributed by atoms with Crippen molar-refractivity contribution in [3.8, 4) is 0 Å². The topological polar surface area (TPSA) is 46.1 Å². The molecule has 1 aromatic carbocycles. The summed E-state index contributed by atoms with van der Waals surface area (Å²) in [5.74, 6) is -0.129. The molecule has 100 valence electrons. The molecule has 6 heteroatoms. The Morgan fingerprint density at radius 3 is 2.68 bits per heavy atom. The molecular weight excluding hydrogens is 282 g/mol. The van der Waals surface area contributed by atoms with Gasteiger partial charge in [0.2, 0.25) is 9.47 Å². The van der Waals surface area contributed by atoms with E-state index in [2.05, 4.69) is 10.2 Å². The number of aromatic nitrogens is 2. The summed E-state index contributed by atoms with van der Waals surface area (Å²) >= 11 is 6.82. The molecule has 2 aromatic rings. The van der Waals surface area contributed by atoms with Gasteiger partial charge in [0.05, 0.1) is 0 Å². The zero-order valence-electron chi connectivity index (χ0n) is 10.8. The molecule has 1 heterocycles. The molecule has 0 bridgehead atoms. The molecule has 19 heavy (non-hydrogen) atoms. The number of halogens is 1. The van der Waals surface area contributed by atoms with Crippen LogP contribution in [0.25, 0.3) is 0 Å². The molecule has 1 amide bonds. The third kappa shape index (κ3) is 3.30. The first-order valence-corrected chi connectivity index (χ1v) is 7.14. The molecule has 2 rings (SSSR count). The Morgan fingerprint density at radius 1 is 1.37 bits per heavy atom. The molecular formula is C13H14ClN3OS. The average molecular weight is 296 g/mol. The van der Waals surface area contributed by atoms with Crippen molar-refractivity contribution >= 4 is 28.8 Å². The number of carbonyl (C=O) groups is 1. The summed E-state index contributed by atoms with van der Waals surface area (Å²) in [7, 11) is 0. The fraction of sp³-hybridized carbons (Fsp3) is 0.308. The van der Waals surface area contributed by atoms with Crippen molar-refractivity contribution in [2.24, 2.45) is 0 Å². The second-order valence-electron chi connectivity index (χ2n) is 4.11. The van der Waals surface area contributed by atoms with Crippen LogP contribution in [-0.4, -0.2) is 27.5 Å². The van der Waals surface area contributed by atoms with Crippen LogP contribution in [0.2, 0.25) is 4.47 Å². The van der Waals surface area contributed by atoms with Gasteiger partial charge in [-0.2, -0.15) is 0 Å². The third-order valence-electron chi connectivity index (χ3n) is 2.87. The van der Waals surface area contributed by atoms with Crippen molar-refractivity contribution in [2.45, 2.75) is 20.4 Å². The van der Waals surface area contributed by atoms with E-state index in [0.717, 1.165) is 16.9 Å². The molecule has 4 nitrogen and oxygen atoms in total. The first kappa shape index (κ1) is 14.0. The van der Waals surface area contributed by atoms with Crippen LogP contribution in [0, 0.1) is 6.92 Å². The number of hydrogen-bond acceptors (Lipinski definition) is 4. The highest BCUT2D eigenvalue weighted by Crippen LogP contribution is 2.18. The Labute approximate surface area is 121 Å². The van der Waals surface area contributed by atoms with E-state index in [1.807, 2.05) is 38.1 Å². The van der Waals surface area contributed by atoms with Crippen molar-refractivity contribution in [2.75, 3.05) is 6.54 Å². The van der Waals surface area contributed by atoms with Crippen LogP contribution in [-0.2, 0) is 6.54 Å². The first-order chi connectivity index (χ1) is 9.11. The zero-order valence-corrected chi connectivity index (χ0v) is 12.3. The summed E-state index contributed by atoms with van der Waals surface area (Å²) in [6.45, 7) is 5.16. The number of nitrogens with zero attached hydrogens (tertiary/aromatic N) is 3. The summed E-state index contributed by atoms with van der Waals surface area (Å²) in [5, 5.41) is 7.79. The Bertz CT molecular complexity index is 585. The van der Waals surface area contributed by atoms with E-state index >= 15 is 0 Å². The lowest BCUT2D eigenvalue weighted by molar-refractivity contribution is 0.0751. The molecule has 0 fully saturated rings. The second-order valence-corrected chi connectivity index (χ2v) is 5.67. The molecule has 0 saturated heterocycles. The van der Waals surface area contributed by atoms with Crippen molar-refractivity contribution in [1.29, 1.82) is 0 Å². The van der Waals surface area contributed by atoms with Gasteiger partial charge >= 0.3 is 0 Å². The quantitative estimate of drug-likeness (QED) is 0.870. The van der Waals surface area contributed by atoms with Crippen LogP contribution in [0.15, 0.2) is 24.3 Å². The van der Waals surface area contributed by atoms with E-state index in [4.69, 9.17) is 11.6 Å². The summed E-state index contributed by atoms with van der Waals surface area (Å²) in [6, 6.07) is 8.03. The monoisotopic (exact) mass is 295 g/mol. The van der Waals surface area contributed by atoms with Crippen molar-refractivity contribution in [3.05, 3.63) is 44.9 Å². The predicted molar refractivity (Wildman–Crippen MR) is 76.5 cm³/mol. The fourth-order valence-corrected chi connectivity index (χ4v) is 2.54. The highest BCUT2D eigenvalue weighted by atomic mass is 35.5. The number of hydrogen-bond donors (Lipinski definition) is 0. The number of aryl methyl sites for hydroxylation is 1. The SMILES string of the molecule is CCN(Cc1ccccc1C)C(=O)c1nnc(Cl)s1. The lowest BCUT2D eigenvalue weighted by Gasteiger charge is -2.20. The van der Waals surface area contributed by atoms with Crippen LogP contribution in [0.4, 0.5) is 0 Å². The summed E-state index contributed by atoms with van der Waals surface area (Å²) in [6.07, 6.45) is 0. The largest absolute Gasteiger partial charge is 0.332 e. The predicted octanol–water partition coefficient (Wildman–Crippen LogP) is 3.16. The van der Waals surface area contributed by atoms with Crippen molar-refractivity contribution in [1.82, 2.24) is 15.1 Å². The van der Waals surface area contributed by atoms with Gasteiger partial charge in [-0.3, -0.25) is 4.79 Å². The van der Waals surface area contributed by atoms with Gasteiger partial charge in [0.15, 0.2) is 0 Å². The molecule has 0 atom stereocenters. The Hall–Kier alpha value is -1.46. The number of benzene rings is 1. The Balaban J connectivity index is 2.17. The van der Waals surface area contributed by atoms with Gasteiger partial charge in [-0.05, 0) is 36.6 Å². The third-order valence-corrected chi connectivity index (χ3v) is 3.88. The smallest absolute Gasteiger partial charge is 0.285 e. The van der Waals surface area contributed by atoms with E-state index in [-0.39, 0.29) is 10.4 Å². The zero-order chi connectivity index (χ0) is 13.8. The molecule has 1 aromatic heterocycles. The fourth-order valence-electron chi connectivity index (χ4n) is 1.75. The maximum Gasteiger partial charge on any atom is 0.285 e. The normalized spacial score (nSPS) is 10.5. The molecule has 0 saturated carbocycles. The van der Waals surface area contributed by atoms with Gasteiger partial charge < -0.3 is 4.90 Å². The minimum Gasteiger partial charge on any atom is -0.332 e. The van der Waals surface area contributed by atoms with E-state index in [1.165, 1.54) is 5.56 Å². The van der Waals surface area contributed by atoms with Crippen LogP contribution >= 0.6 is 22.9 Å². The van der Waals surface area contributed by atoms with Crippen molar-refractivity contribution < 1.29 is 4.79 Å². The van der Waals surface area contributed by atoms with Crippen molar-refractivity contribution in [3.63, 3.8) is 0 Å². The van der Waals surface area contributed by atoms with Gasteiger partial charge in [-0.25, -0.2) is 0 Å². The molecule has 0 aliphatic heterocycles. The summed E-state index contributed by atoms with van der Waals surface area (Å²) in [5.41, 5.74) is 2.30. The van der Waals surface area contributed by atoms with Gasteiger partial charge in [-0.1, -0.05) is 35.6 Å². The maximum absolute atomic E-state index is 12.3. The van der Waals surface area contributed by atoms with E-state index < -0.39 is 0 Å². The van der Waals surface area contributed by atoms with Gasteiger partial charge in [0.1, 0.15) is 0 Å². The molecule has 0 spiro atoms. The standard InChI is InChI=1S/C13H14ClN3OS/c1-3-17(8-10-7-5-4-6-9(10)2)12(18)11-15-16-13(14)19-11/h4-7H,3,8H2,1-2H3. The maximum atomic E-state index is 12.3. The lowest BCUT2D eigenvalue weighted by atomic mass is 10.1. The Kier molecular flexibility index (Phi) is 4.50. The van der Waals surface area contributed by atoms with Crippen LogP contribution in [0.1, 0.15) is 27.9 Å². The number of rotatable bonds is 4. The number of amides is 1. The van der Waals surface area contributed by atoms with Gasteiger partial charge in [-0.15, -0.1) is 10.2 Å². The second kappa shape index (κ2) is 6.12. The first-order valence-electron chi connectivity index (χ1n) is 5.94. The van der Waals surface area contributed by atoms with Crippen LogP contribution < -0.4 is 0 Å². The summed E-state index contributed by atoms with van der Waals surface area (Å²) in [4.78, 5) is 14.0. The molecule has 0 radical (unpaired) electrons. The van der Waals surface area contributed by atoms with E-state index in [0.29, 0.717) is 18.1 Å². The minimum atomic E-state index is -0.129. The summed E-state index contributed by atoms with van der Waals surface area (Å²) < 4.78 is 0.287. The molecule has 0 unspecified atom stereocenters. The van der Waals surface area contributed by atoms with E-state index in [1.54, 1.807) is 4.90 Å². The van der Waals surface area contributed by atoms with Crippen LogP contribution in [0.3, 0.4) is 0 Å². The molecule has 0 aliphatic carbocycles.